The molecule has 1 fully saturated rings. The van der Waals surface area contributed by atoms with Crippen molar-refractivity contribution in [1.82, 2.24) is 9.97 Å². The third kappa shape index (κ3) is 4.63. The van der Waals surface area contributed by atoms with Crippen molar-refractivity contribution in [3.63, 3.8) is 0 Å². The molecule has 0 atom stereocenters. The van der Waals surface area contributed by atoms with Crippen LogP contribution in [0.5, 0.6) is 0 Å². The van der Waals surface area contributed by atoms with Crippen molar-refractivity contribution in [3.8, 4) is 11.3 Å². The minimum Gasteiger partial charge on any atom is -0.351 e. The Labute approximate surface area is 171 Å². The molecule has 0 bridgehead atoms. The lowest BCUT2D eigenvalue weighted by Crippen LogP contribution is -2.23. The number of halogens is 1. The van der Waals surface area contributed by atoms with Crippen molar-refractivity contribution in [2.75, 3.05) is 10.6 Å². The SMILES string of the molecule is Cc1ccc(Cl)cc1Nc1cc(-c2ccccc2)nc(NC2CCCCC2)n1. The van der Waals surface area contributed by atoms with Crippen LogP contribution in [0.15, 0.2) is 54.6 Å². The van der Waals surface area contributed by atoms with Crippen LogP contribution in [0.1, 0.15) is 37.7 Å². The minimum atomic E-state index is 0.445. The van der Waals surface area contributed by atoms with Gasteiger partial charge in [-0.25, -0.2) is 4.98 Å². The molecule has 0 saturated heterocycles. The summed E-state index contributed by atoms with van der Waals surface area (Å²) in [7, 11) is 0. The lowest BCUT2D eigenvalue weighted by Gasteiger charge is -2.23. The van der Waals surface area contributed by atoms with E-state index in [4.69, 9.17) is 21.6 Å². The average Bonchev–Trinajstić information content (AvgIpc) is 2.72. The number of nitrogens with zero attached hydrogens (tertiary/aromatic N) is 2. The van der Waals surface area contributed by atoms with Gasteiger partial charge in [-0.3, -0.25) is 0 Å². The maximum absolute atomic E-state index is 6.19. The summed E-state index contributed by atoms with van der Waals surface area (Å²) in [5.41, 5.74) is 4.04. The molecule has 0 radical (unpaired) electrons. The van der Waals surface area contributed by atoms with Gasteiger partial charge in [-0.2, -0.15) is 4.98 Å². The zero-order valence-electron chi connectivity index (χ0n) is 16.1. The van der Waals surface area contributed by atoms with Crippen LogP contribution in [-0.4, -0.2) is 16.0 Å². The minimum absolute atomic E-state index is 0.445. The fraction of sp³-hybridized carbons (Fsp3) is 0.304. The molecule has 5 heteroatoms. The summed E-state index contributed by atoms with van der Waals surface area (Å²) in [4.78, 5) is 9.53. The van der Waals surface area contributed by atoms with E-state index in [1.165, 1.54) is 32.1 Å². The van der Waals surface area contributed by atoms with Crippen LogP contribution in [-0.2, 0) is 0 Å². The Morgan fingerprint density at radius 1 is 0.929 bits per heavy atom. The number of nitrogens with one attached hydrogen (secondary N) is 2. The van der Waals surface area contributed by atoms with Crippen LogP contribution in [0.4, 0.5) is 17.5 Å². The number of hydrogen-bond donors (Lipinski definition) is 2. The van der Waals surface area contributed by atoms with Crippen LogP contribution in [0, 0.1) is 6.92 Å². The first-order valence-corrected chi connectivity index (χ1v) is 10.3. The van der Waals surface area contributed by atoms with Crippen LogP contribution in [0.25, 0.3) is 11.3 Å². The summed E-state index contributed by atoms with van der Waals surface area (Å²) < 4.78 is 0. The zero-order chi connectivity index (χ0) is 19.3. The van der Waals surface area contributed by atoms with Gasteiger partial charge in [0.1, 0.15) is 5.82 Å². The van der Waals surface area contributed by atoms with Crippen molar-refractivity contribution in [2.24, 2.45) is 0 Å². The molecule has 4 nitrogen and oxygen atoms in total. The molecule has 0 amide bonds. The van der Waals surface area contributed by atoms with Gasteiger partial charge in [0.15, 0.2) is 0 Å². The fourth-order valence-corrected chi connectivity index (χ4v) is 3.80. The summed E-state index contributed by atoms with van der Waals surface area (Å²) in [5, 5.41) is 7.68. The first kappa shape index (κ1) is 18.8. The maximum atomic E-state index is 6.19. The summed E-state index contributed by atoms with van der Waals surface area (Å²) in [6, 6.07) is 18.5. The van der Waals surface area contributed by atoms with Gasteiger partial charge in [0.25, 0.3) is 0 Å². The van der Waals surface area contributed by atoms with Gasteiger partial charge < -0.3 is 10.6 Å². The van der Waals surface area contributed by atoms with Gasteiger partial charge in [-0.15, -0.1) is 0 Å². The fourth-order valence-electron chi connectivity index (χ4n) is 3.63. The van der Waals surface area contributed by atoms with Crippen LogP contribution in [0.2, 0.25) is 5.02 Å². The van der Waals surface area contributed by atoms with Gasteiger partial charge in [-0.05, 0) is 37.5 Å². The molecule has 1 aromatic heterocycles. The van der Waals surface area contributed by atoms with E-state index in [1.807, 2.05) is 42.5 Å². The van der Waals surface area contributed by atoms with Gasteiger partial charge in [-0.1, -0.05) is 67.3 Å². The second kappa shape index (κ2) is 8.61. The molecule has 0 unspecified atom stereocenters. The van der Waals surface area contributed by atoms with E-state index in [9.17, 15) is 0 Å². The van der Waals surface area contributed by atoms with E-state index < -0.39 is 0 Å². The zero-order valence-corrected chi connectivity index (χ0v) is 16.8. The van der Waals surface area contributed by atoms with E-state index in [2.05, 4.69) is 29.7 Å². The molecule has 0 spiro atoms. The second-order valence-corrected chi connectivity index (χ2v) is 7.83. The molecular weight excluding hydrogens is 368 g/mol. The first-order valence-electron chi connectivity index (χ1n) is 9.91. The molecule has 4 rings (SSSR count). The van der Waals surface area contributed by atoms with Gasteiger partial charge in [0.2, 0.25) is 5.95 Å². The van der Waals surface area contributed by atoms with Crippen LogP contribution < -0.4 is 10.6 Å². The second-order valence-electron chi connectivity index (χ2n) is 7.39. The third-order valence-electron chi connectivity index (χ3n) is 5.20. The summed E-state index contributed by atoms with van der Waals surface area (Å²) in [6.45, 7) is 2.05. The number of aryl methyl sites for hydroxylation is 1. The Kier molecular flexibility index (Phi) is 5.77. The van der Waals surface area contributed by atoms with Gasteiger partial charge >= 0.3 is 0 Å². The molecule has 2 aromatic carbocycles. The largest absolute Gasteiger partial charge is 0.351 e. The van der Waals surface area contributed by atoms with Crippen molar-refractivity contribution in [3.05, 3.63) is 65.2 Å². The normalized spacial score (nSPS) is 14.6. The number of hydrogen-bond acceptors (Lipinski definition) is 4. The highest BCUT2D eigenvalue weighted by molar-refractivity contribution is 6.30. The standard InChI is InChI=1S/C23H25ClN4/c1-16-12-13-18(24)14-20(16)26-22-15-21(17-8-4-2-5-9-17)27-23(28-22)25-19-10-6-3-7-11-19/h2,4-5,8-9,12-15,19H,3,6-7,10-11H2,1H3,(H2,25,26,27,28). The molecule has 1 aliphatic carbocycles. The Morgan fingerprint density at radius 2 is 1.71 bits per heavy atom. The molecule has 28 heavy (non-hydrogen) atoms. The Bertz CT molecular complexity index is 937. The smallest absolute Gasteiger partial charge is 0.225 e. The summed E-state index contributed by atoms with van der Waals surface area (Å²) in [6.07, 6.45) is 6.21. The Balaban J connectivity index is 1.67. The topological polar surface area (TPSA) is 49.8 Å². The van der Waals surface area contributed by atoms with Gasteiger partial charge in [0, 0.05) is 28.4 Å². The monoisotopic (exact) mass is 392 g/mol. The van der Waals surface area contributed by atoms with Crippen molar-refractivity contribution < 1.29 is 0 Å². The number of rotatable bonds is 5. The van der Waals surface area contributed by atoms with Crippen molar-refractivity contribution in [1.29, 1.82) is 0 Å². The average molecular weight is 393 g/mol. The predicted octanol–water partition coefficient (Wildman–Crippen LogP) is 6.59. The Hall–Kier alpha value is -2.59. The quantitative estimate of drug-likeness (QED) is 0.514. The van der Waals surface area contributed by atoms with E-state index in [1.54, 1.807) is 0 Å². The number of aromatic nitrogens is 2. The van der Waals surface area contributed by atoms with E-state index in [0.717, 1.165) is 28.3 Å². The molecular formula is C23H25ClN4. The summed E-state index contributed by atoms with van der Waals surface area (Å²) in [5.74, 6) is 1.44. The lowest BCUT2D eigenvalue weighted by molar-refractivity contribution is 0.461. The third-order valence-corrected chi connectivity index (χ3v) is 5.43. The van der Waals surface area contributed by atoms with Crippen molar-refractivity contribution in [2.45, 2.75) is 45.1 Å². The maximum Gasteiger partial charge on any atom is 0.225 e. The summed E-state index contributed by atoms with van der Waals surface area (Å²) >= 11 is 6.19. The molecule has 144 valence electrons. The predicted molar refractivity (Wildman–Crippen MR) is 117 cm³/mol. The Morgan fingerprint density at radius 3 is 2.50 bits per heavy atom. The highest BCUT2D eigenvalue weighted by atomic mass is 35.5. The highest BCUT2D eigenvalue weighted by Gasteiger charge is 2.16. The van der Waals surface area contributed by atoms with Crippen LogP contribution >= 0.6 is 11.6 Å². The molecule has 1 saturated carbocycles. The molecule has 0 aliphatic heterocycles. The van der Waals surface area contributed by atoms with E-state index in [0.29, 0.717) is 17.0 Å². The lowest BCUT2D eigenvalue weighted by atomic mass is 9.96. The van der Waals surface area contributed by atoms with Crippen LogP contribution in [0.3, 0.4) is 0 Å². The molecule has 1 heterocycles. The molecule has 3 aromatic rings. The molecule has 2 N–H and O–H groups in total. The highest BCUT2D eigenvalue weighted by Crippen LogP contribution is 2.28. The van der Waals surface area contributed by atoms with E-state index >= 15 is 0 Å². The first-order chi connectivity index (χ1) is 13.7. The van der Waals surface area contributed by atoms with E-state index in [-0.39, 0.29) is 0 Å². The van der Waals surface area contributed by atoms with Crippen molar-refractivity contribution >= 4 is 29.1 Å². The number of anilines is 3. The van der Waals surface area contributed by atoms with Gasteiger partial charge in [0.05, 0.1) is 5.69 Å². The number of benzene rings is 2. The molecule has 1 aliphatic rings.